The lowest BCUT2D eigenvalue weighted by atomic mass is 10.1. The fourth-order valence-electron chi connectivity index (χ4n) is 2.82. The summed E-state index contributed by atoms with van der Waals surface area (Å²) in [6, 6.07) is 5.51. The van der Waals surface area contributed by atoms with Crippen molar-refractivity contribution in [3.8, 4) is 0 Å². The van der Waals surface area contributed by atoms with E-state index in [1.54, 1.807) is 7.05 Å². The first kappa shape index (κ1) is 17.8. The van der Waals surface area contributed by atoms with Crippen LogP contribution in [0.15, 0.2) is 34.1 Å². The molecule has 7 nitrogen and oxygen atoms in total. The SMILES string of the molecule is CN(C1CCNCC1)S(=O)(=O)c1cccc(S(=O)(=O)NC2CC2)c1. The van der Waals surface area contributed by atoms with Crippen LogP contribution in [0.25, 0.3) is 0 Å². The van der Waals surface area contributed by atoms with E-state index in [0.717, 1.165) is 38.8 Å². The molecule has 1 saturated heterocycles. The molecule has 0 atom stereocenters. The van der Waals surface area contributed by atoms with Gasteiger partial charge in [-0.25, -0.2) is 21.6 Å². The summed E-state index contributed by atoms with van der Waals surface area (Å²) in [6.45, 7) is 1.56. The van der Waals surface area contributed by atoms with E-state index in [1.165, 1.54) is 28.6 Å². The van der Waals surface area contributed by atoms with Crippen LogP contribution in [0.4, 0.5) is 0 Å². The molecule has 0 aromatic heterocycles. The van der Waals surface area contributed by atoms with Crippen LogP contribution in [0, 0.1) is 0 Å². The topological polar surface area (TPSA) is 95.6 Å². The standard InChI is InChI=1S/C15H23N3O4S2/c1-18(13-7-9-16-10-8-13)24(21,22)15-4-2-3-14(11-15)23(19,20)17-12-5-6-12/h2-4,11-13,16-17H,5-10H2,1H3. The second-order valence-electron chi connectivity index (χ2n) is 6.37. The van der Waals surface area contributed by atoms with E-state index in [-0.39, 0.29) is 21.9 Å². The van der Waals surface area contributed by atoms with Gasteiger partial charge >= 0.3 is 0 Å². The van der Waals surface area contributed by atoms with E-state index in [1.807, 2.05) is 0 Å². The Kier molecular flexibility index (Phi) is 4.99. The van der Waals surface area contributed by atoms with Gasteiger partial charge in [0.2, 0.25) is 20.0 Å². The van der Waals surface area contributed by atoms with Crippen LogP contribution in [0.2, 0.25) is 0 Å². The number of nitrogens with zero attached hydrogens (tertiary/aromatic N) is 1. The summed E-state index contributed by atoms with van der Waals surface area (Å²) < 4.78 is 54.2. The lowest BCUT2D eigenvalue weighted by Gasteiger charge is -2.30. The highest BCUT2D eigenvalue weighted by Crippen LogP contribution is 2.25. The number of piperidine rings is 1. The lowest BCUT2D eigenvalue weighted by Crippen LogP contribution is -2.43. The monoisotopic (exact) mass is 373 g/mol. The Hall–Kier alpha value is -1.00. The van der Waals surface area contributed by atoms with E-state index in [4.69, 9.17) is 0 Å². The molecule has 0 unspecified atom stereocenters. The molecule has 24 heavy (non-hydrogen) atoms. The molecule has 1 aliphatic carbocycles. The minimum absolute atomic E-state index is 0.00538. The number of benzene rings is 1. The van der Waals surface area contributed by atoms with Crippen molar-refractivity contribution in [3.05, 3.63) is 24.3 Å². The summed E-state index contributed by atoms with van der Waals surface area (Å²) >= 11 is 0. The van der Waals surface area contributed by atoms with Crippen LogP contribution in [-0.2, 0) is 20.0 Å². The molecule has 1 aliphatic heterocycles. The second kappa shape index (κ2) is 6.72. The van der Waals surface area contributed by atoms with Crippen molar-refractivity contribution >= 4 is 20.0 Å². The van der Waals surface area contributed by atoms with E-state index in [9.17, 15) is 16.8 Å². The summed E-state index contributed by atoms with van der Waals surface area (Å²) in [5, 5.41) is 3.20. The van der Waals surface area contributed by atoms with Gasteiger partial charge in [0, 0.05) is 19.1 Å². The molecule has 0 amide bonds. The number of rotatable bonds is 6. The van der Waals surface area contributed by atoms with Crippen molar-refractivity contribution in [2.45, 2.75) is 47.6 Å². The van der Waals surface area contributed by atoms with E-state index in [2.05, 4.69) is 10.0 Å². The quantitative estimate of drug-likeness (QED) is 0.757. The Morgan fingerprint density at radius 3 is 2.29 bits per heavy atom. The molecule has 0 radical (unpaired) electrons. The van der Waals surface area contributed by atoms with Gasteiger partial charge in [-0.1, -0.05) is 6.07 Å². The van der Waals surface area contributed by atoms with Crippen molar-refractivity contribution in [3.63, 3.8) is 0 Å². The van der Waals surface area contributed by atoms with Gasteiger partial charge in [0.15, 0.2) is 0 Å². The number of sulfonamides is 2. The number of nitrogens with one attached hydrogen (secondary N) is 2. The van der Waals surface area contributed by atoms with Crippen molar-refractivity contribution in [1.29, 1.82) is 0 Å². The average Bonchev–Trinajstić information content (AvgIpc) is 3.38. The predicted molar refractivity (Wildman–Crippen MR) is 90.6 cm³/mol. The molecule has 0 bridgehead atoms. The van der Waals surface area contributed by atoms with E-state index >= 15 is 0 Å². The Labute approximate surface area is 143 Å². The van der Waals surface area contributed by atoms with Gasteiger partial charge in [-0.2, -0.15) is 4.31 Å². The molecule has 3 rings (SSSR count). The predicted octanol–water partition coefficient (Wildman–Crippen LogP) is 0.500. The highest BCUT2D eigenvalue weighted by molar-refractivity contribution is 7.90. The summed E-state index contributed by atoms with van der Waals surface area (Å²) in [4.78, 5) is 0.0105. The number of hydrogen-bond donors (Lipinski definition) is 2. The minimum Gasteiger partial charge on any atom is -0.317 e. The molecule has 2 aliphatic rings. The van der Waals surface area contributed by atoms with Crippen molar-refractivity contribution in [2.75, 3.05) is 20.1 Å². The highest BCUT2D eigenvalue weighted by Gasteiger charge is 2.31. The Bertz CT molecular complexity index is 798. The van der Waals surface area contributed by atoms with Crippen LogP contribution in [0.5, 0.6) is 0 Å². The molecule has 2 N–H and O–H groups in total. The van der Waals surface area contributed by atoms with Crippen molar-refractivity contribution < 1.29 is 16.8 Å². The van der Waals surface area contributed by atoms with E-state index in [0.29, 0.717) is 0 Å². The fraction of sp³-hybridized carbons (Fsp3) is 0.600. The molecular weight excluding hydrogens is 350 g/mol. The summed E-state index contributed by atoms with van der Waals surface area (Å²) in [5.74, 6) is 0. The lowest BCUT2D eigenvalue weighted by molar-refractivity contribution is 0.296. The van der Waals surface area contributed by atoms with Crippen molar-refractivity contribution in [2.24, 2.45) is 0 Å². The molecule has 1 aromatic carbocycles. The van der Waals surface area contributed by atoms with Gasteiger partial charge in [-0.15, -0.1) is 0 Å². The van der Waals surface area contributed by atoms with Crippen LogP contribution < -0.4 is 10.0 Å². The molecule has 1 heterocycles. The maximum absolute atomic E-state index is 12.8. The smallest absolute Gasteiger partial charge is 0.243 e. The third-order valence-electron chi connectivity index (χ3n) is 4.51. The first-order valence-corrected chi connectivity index (χ1v) is 11.0. The second-order valence-corrected chi connectivity index (χ2v) is 10.1. The Morgan fingerprint density at radius 1 is 1.04 bits per heavy atom. The Morgan fingerprint density at radius 2 is 1.67 bits per heavy atom. The minimum atomic E-state index is -3.72. The van der Waals surface area contributed by atoms with Gasteiger partial charge in [0.05, 0.1) is 9.79 Å². The Balaban J connectivity index is 1.86. The van der Waals surface area contributed by atoms with Gasteiger partial charge in [-0.3, -0.25) is 0 Å². The molecule has 1 aromatic rings. The molecule has 0 spiro atoms. The molecule has 2 fully saturated rings. The molecule has 1 saturated carbocycles. The summed E-state index contributed by atoms with van der Waals surface area (Å²) in [6.07, 6.45) is 3.15. The highest BCUT2D eigenvalue weighted by atomic mass is 32.2. The van der Waals surface area contributed by atoms with Crippen LogP contribution in [0.1, 0.15) is 25.7 Å². The van der Waals surface area contributed by atoms with Gasteiger partial charge in [0.1, 0.15) is 0 Å². The normalized spacial score (nSPS) is 20.4. The summed E-state index contributed by atoms with van der Waals surface area (Å²) in [7, 11) is -5.83. The molecular formula is C15H23N3O4S2. The molecule has 134 valence electrons. The van der Waals surface area contributed by atoms with Gasteiger partial charge < -0.3 is 5.32 Å². The molecule has 9 heteroatoms. The average molecular weight is 374 g/mol. The zero-order valence-electron chi connectivity index (χ0n) is 13.6. The third kappa shape index (κ3) is 3.80. The first-order chi connectivity index (χ1) is 11.3. The van der Waals surface area contributed by atoms with Gasteiger partial charge in [0.25, 0.3) is 0 Å². The van der Waals surface area contributed by atoms with Crippen molar-refractivity contribution in [1.82, 2.24) is 14.3 Å². The van der Waals surface area contributed by atoms with E-state index < -0.39 is 20.0 Å². The van der Waals surface area contributed by atoms with Gasteiger partial charge in [-0.05, 0) is 57.0 Å². The zero-order chi connectivity index (χ0) is 17.4. The first-order valence-electron chi connectivity index (χ1n) is 8.12. The maximum atomic E-state index is 12.8. The fourth-order valence-corrected chi connectivity index (χ4v) is 5.71. The zero-order valence-corrected chi connectivity index (χ0v) is 15.2. The van der Waals surface area contributed by atoms with Crippen LogP contribution >= 0.6 is 0 Å². The van der Waals surface area contributed by atoms with Crippen LogP contribution in [0.3, 0.4) is 0 Å². The summed E-state index contributed by atoms with van der Waals surface area (Å²) in [5.41, 5.74) is 0. The third-order valence-corrected chi connectivity index (χ3v) is 7.94. The largest absolute Gasteiger partial charge is 0.317 e. The number of hydrogen-bond acceptors (Lipinski definition) is 5. The van der Waals surface area contributed by atoms with Crippen LogP contribution in [-0.4, -0.2) is 53.4 Å². The maximum Gasteiger partial charge on any atom is 0.243 e.